The lowest BCUT2D eigenvalue weighted by molar-refractivity contribution is 0.405. The highest BCUT2D eigenvalue weighted by Gasteiger charge is 2.13. The minimum atomic E-state index is -0.786. The van der Waals surface area contributed by atoms with Gasteiger partial charge in [0, 0.05) is 11.6 Å². The van der Waals surface area contributed by atoms with Gasteiger partial charge in [-0.1, -0.05) is 0 Å². The van der Waals surface area contributed by atoms with Crippen molar-refractivity contribution in [2.75, 3.05) is 0 Å². The van der Waals surface area contributed by atoms with Crippen molar-refractivity contribution in [3.8, 4) is 11.5 Å². The zero-order valence-electron chi connectivity index (χ0n) is 9.58. The molecule has 0 saturated heterocycles. The van der Waals surface area contributed by atoms with Crippen molar-refractivity contribution in [2.24, 2.45) is 0 Å². The summed E-state index contributed by atoms with van der Waals surface area (Å²) in [7, 11) is 0. The first-order valence-electron chi connectivity index (χ1n) is 5.24. The second kappa shape index (κ2) is 5.31. The second-order valence-corrected chi connectivity index (χ2v) is 4.03. The summed E-state index contributed by atoms with van der Waals surface area (Å²) >= 11 is 5.52. The molecule has 94 valence electrons. The predicted octanol–water partition coefficient (Wildman–Crippen LogP) is 4.20. The molecular formula is C13H10ClF2NO. The molecule has 0 aliphatic rings. The highest BCUT2D eigenvalue weighted by Crippen LogP contribution is 2.28. The minimum Gasteiger partial charge on any atom is -0.450 e. The van der Waals surface area contributed by atoms with Crippen LogP contribution in [0.1, 0.15) is 11.3 Å². The smallest absolute Gasteiger partial charge is 0.198 e. The van der Waals surface area contributed by atoms with E-state index >= 15 is 0 Å². The van der Waals surface area contributed by atoms with Crippen LogP contribution in [-0.4, -0.2) is 4.98 Å². The summed E-state index contributed by atoms with van der Waals surface area (Å²) in [4.78, 5) is 3.98. The number of benzene rings is 1. The number of halogens is 3. The molecule has 18 heavy (non-hydrogen) atoms. The third-order valence-electron chi connectivity index (χ3n) is 2.32. The van der Waals surface area contributed by atoms with Crippen LogP contribution in [0.25, 0.3) is 0 Å². The van der Waals surface area contributed by atoms with Crippen LogP contribution < -0.4 is 4.74 Å². The van der Waals surface area contributed by atoms with E-state index in [1.54, 1.807) is 19.1 Å². The molecule has 0 unspecified atom stereocenters. The van der Waals surface area contributed by atoms with Gasteiger partial charge in [-0.2, -0.15) is 0 Å². The van der Waals surface area contributed by atoms with E-state index < -0.39 is 17.4 Å². The molecular weight excluding hydrogens is 260 g/mol. The second-order valence-electron chi connectivity index (χ2n) is 3.76. The Morgan fingerprint density at radius 1 is 1.22 bits per heavy atom. The Balaban J connectivity index is 2.31. The molecule has 1 aromatic carbocycles. The van der Waals surface area contributed by atoms with Gasteiger partial charge in [0.25, 0.3) is 0 Å². The van der Waals surface area contributed by atoms with E-state index in [1.807, 2.05) is 0 Å². The van der Waals surface area contributed by atoms with E-state index in [-0.39, 0.29) is 11.6 Å². The van der Waals surface area contributed by atoms with E-state index in [0.29, 0.717) is 5.56 Å². The lowest BCUT2D eigenvalue weighted by Crippen LogP contribution is -1.95. The van der Waals surface area contributed by atoms with Crippen LogP contribution >= 0.6 is 11.6 Å². The molecule has 0 radical (unpaired) electrons. The van der Waals surface area contributed by atoms with Crippen LogP contribution in [0, 0.1) is 18.6 Å². The number of nitrogens with zero attached hydrogens (tertiary/aromatic N) is 1. The molecule has 5 heteroatoms. The first kappa shape index (κ1) is 12.8. The quantitative estimate of drug-likeness (QED) is 0.779. The fourth-order valence-corrected chi connectivity index (χ4v) is 1.57. The van der Waals surface area contributed by atoms with Gasteiger partial charge in [-0.15, -0.1) is 11.6 Å². The van der Waals surface area contributed by atoms with Crippen LogP contribution in [0.15, 0.2) is 30.5 Å². The molecule has 1 heterocycles. The Morgan fingerprint density at radius 2 is 1.89 bits per heavy atom. The van der Waals surface area contributed by atoms with E-state index in [0.717, 1.165) is 17.8 Å². The summed E-state index contributed by atoms with van der Waals surface area (Å²) in [5.74, 6) is -1.70. The number of aryl methyl sites for hydroxylation is 1. The van der Waals surface area contributed by atoms with Gasteiger partial charge in [-0.3, -0.25) is 4.98 Å². The predicted molar refractivity (Wildman–Crippen MR) is 65.0 cm³/mol. The topological polar surface area (TPSA) is 22.1 Å². The number of hydrogen-bond acceptors (Lipinski definition) is 2. The number of aromatic nitrogens is 1. The normalized spacial score (nSPS) is 10.4. The lowest BCUT2D eigenvalue weighted by atomic mass is 10.2. The average molecular weight is 270 g/mol. The first-order valence-corrected chi connectivity index (χ1v) is 5.78. The van der Waals surface area contributed by atoms with Crippen molar-refractivity contribution in [1.29, 1.82) is 0 Å². The Labute approximate surface area is 108 Å². The zero-order chi connectivity index (χ0) is 13.1. The van der Waals surface area contributed by atoms with E-state index in [4.69, 9.17) is 16.3 Å². The van der Waals surface area contributed by atoms with Crippen molar-refractivity contribution >= 4 is 11.6 Å². The third-order valence-corrected chi connectivity index (χ3v) is 2.63. The van der Waals surface area contributed by atoms with Crippen molar-refractivity contribution in [1.82, 2.24) is 4.98 Å². The monoisotopic (exact) mass is 269 g/mol. The Morgan fingerprint density at radius 3 is 2.39 bits per heavy atom. The maximum Gasteiger partial charge on any atom is 0.198 e. The first-order chi connectivity index (χ1) is 8.60. The average Bonchev–Trinajstić information content (AvgIpc) is 2.35. The molecule has 2 rings (SSSR count). The maximum absolute atomic E-state index is 13.6. The number of pyridine rings is 1. The fraction of sp³-hybridized carbons (Fsp3) is 0.154. The van der Waals surface area contributed by atoms with Gasteiger partial charge >= 0.3 is 0 Å². The Hall–Kier alpha value is -1.68. The van der Waals surface area contributed by atoms with Gasteiger partial charge in [0.15, 0.2) is 17.4 Å². The summed E-state index contributed by atoms with van der Waals surface area (Å²) in [6.07, 6.45) is 1.41. The molecule has 2 nitrogen and oxygen atoms in total. The lowest BCUT2D eigenvalue weighted by Gasteiger charge is -2.08. The molecule has 0 spiro atoms. The van der Waals surface area contributed by atoms with Crippen LogP contribution in [0.2, 0.25) is 0 Å². The van der Waals surface area contributed by atoms with E-state index in [9.17, 15) is 8.78 Å². The summed E-state index contributed by atoms with van der Waals surface area (Å²) < 4.78 is 32.4. The van der Waals surface area contributed by atoms with E-state index in [2.05, 4.69) is 4.98 Å². The highest BCUT2D eigenvalue weighted by molar-refractivity contribution is 6.17. The zero-order valence-corrected chi connectivity index (χ0v) is 10.3. The van der Waals surface area contributed by atoms with Crippen molar-refractivity contribution in [2.45, 2.75) is 12.8 Å². The summed E-state index contributed by atoms with van der Waals surface area (Å²) in [6, 6.07) is 5.58. The van der Waals surface area contributed by atoms with Crippen LogP contribution in [0.5, 0.6) is 11.5 Å². The van der Waals surface area contributed by atoms with Crippen LogP contribution in [-0.2, 0) is 5.88 Å². The maximum atomic E-state index is 13.6. The van der Waals surface area contributed by atoms with Gasteiger partial charge in [0.1, 0.15) is 5.75 Å². The van der Waals surface area contributed by atoms with Crippen molar-refractivity contribution in [3.05, 3.63) is 53.4 Å². The molecule has 0 saturated carbocycles. The van der Waals surface area contributed by atoms with Crippen LogP contribution in [0.3, 0.4) is 0 Å². The fourth-order valence-electron chi connectivity index (χ4n) is 1.42. The minimum absolute atomic E-state index is 0.0419. The van der Waals surface area contributed by atoms with Crippen molar-refractivity contribution < 1.29 is 13.5 Å². The van der Waals surface area contributed by atoms with Gasteiger partial charge in [-0.05, 0) is 36.8 Å². The van der Waals surface area contributed by atoms with Gasteiger partial charge in [0.2, 0.25) is 0 Å². The third kappa shape index (κ3) is 2.76. The van der Waals surface area contributed by atoms with Gasteiger partial charge < -0.3 is 4.74 Å². The number of alkyl halides is 1. The SMILES string of the molecule is Cc1ccc(Oc2c(F)cc(CCl)cc2F)cn1. The highest BCUT2D eigenvalue weighted by atomic mass is 35.5. The molecule has 0 amide bonds. The van der Waals surface area contributed by atoms with Crippen molar-refractivity contribution in [3.63, 3.8) is 0 Å². The van der Waals surface area contributed by atoms with E-state index in [1.165, 1.54) is 6.20 Å². The molecule has 0 bridgehead atoms. The number of hydrogen-bond donors (Lipinski definition) is 0. The summed E-state index contributed by atoms with van der Waals surface area (Å²) in [5.41, 5.74) is 1.15. The molecule has 1 aromatic heterocycles. The molecule has 0 aliphatic heterocycles. The summed E-state index contributed by atoms with van der Waals surface area (Å²) in [6.45, 7) is 1.81. The largest absolute Gasteiger partial charge is 0.450 e. The molecule has 0 aliphatic carbocycles. The molecule has 2 aromatic rings. The van der Waals surface area contributed by atoms with Crippen LogP contribution in [0.4, 0.5) is 8.78 Å². The number of ether oxygens (including phenoxy) is 1. The molecule has 0 atom stereocenters. The number of rotatable bonds is 3. The Kier molecular flexibility index (Phi) is 3.77. The summed E-state index contributed by atoms with van der Waals surface area (Å²) in [5, 5.41) is 0. The molecule has 0 fully saturated rings. The van der Waals surface area contributed by atoms with Gasteiger partial charge in [0.05, 0.1) is 6.20 Å². The molecule has 0 N–H and O–H groups in total. The Bertz CT molecular complexity index is 534. The standard InChI is InChI=1S/C13H10ClF2NO/c1-8-2-3-10(7-17-8)18-13-11(15)4-9(6-14)5-12(13)16/h2-5,7H,6H2,1H3. The van der Waals surface area contributed by atoms with Gasteiger partial charge in [-0.25, -0.2) is 8.78 Å².